The Hall–Kier alpha value is -2.35. The van der Waals surface area contributed by atoms with Crippen molar-refractivity contribution in [3.63, 3.8) is 0 Å². The maximum absolute atomic E-state index is 11.7. The van der Waals surface area contributed by atoms with E-state index in [9.17, 15) is 23.2 Å². The van der Waals surface area contributed by atoms with Crippen molar-refractivity contribution in [1.82, 2.24) is 5.06 Å². The average Bonchev–Trinajstić information content (AvgIpc) is 2.62. The average molecular weight is 271 g/mol. The molecule has 0 atom stereocenters. The summed E-state index contributed by atoms with van der Waals surface area (Å²) >= 11 is 0. The Labute approximate surface area is 105 Å². The number of carbonyl (C=O) groups excluding carboxylic acids is 3. The summed E-state index contributed by atoms with van der Waals surface area (Å²) in [4.78, 5) is 39.0. The molecule has 0 saturated heterocycles. The number of fused-ring (bicyclic) bond motifs is 1. The highest BCUT2D eigenvalue weighted by Crippen LogP contribution is 2.22. The SMILES string of the molecule is O=C(COC(F)F)ON1C(=O)c2ccccc2C1=O. The molecule has 19 heavy (non-hydrogen) atoms. The van der Waals surface area contributed by atoms with E-state index < -0.39 is 31.0 Å². The molecule has 1 aromatic carbocycles. The fourth-order valence-corrected chi connectivity index (χ4v) is 1.51. The summed E-state index contributed by atoms with van der Waals surface area (Å²) in [5, 5.41) is 0.224. The number of benzene rings is 1. The predicted molar refractivity (Wildman–Crippen MR) is 55.0 cm³/mol. The number of hydroxylamine groups is 2. The van der Waals surface area contributed by atoms with E-state index in [1.54, 1.807) is 0 Å². The van der Waals surface area contributed by atoms with Crippen molar-refractivity contribution < 1.29 is 32.7 Å². The Morgan fingerprint density at radius 1 is 1.16 bits per heavy atom. The van der Waals surface area contributed by atoms with Crippen molar-refractivity contribution >= 4 is 17.8 Å². The van der Waals surface area contributed by atoms with Gasteiger partial charge in [-0.15, -0.1) is 0 Å². The summed E-state index contributed by atoms with van der Waals surface area (Å²) in [7, 11) is 0. The number of imide groups is 1. The summed E-state index contributed by atoms with van der Waals surface area (Å²) in [5.74, 6) is -2.92. The molecule has 0 saturated carbocycles. The first-order valence-corrected chi connectivity index (χ1v) is 5.09. The lowest BCUT2D eigenvalue weighted by Gasteiger charge is -2.12. The molecule has 1 aromatic rings. The first kappa shape index (κ1) is 13.1. The number of rotatable bonds is 4. The van der Waals surface area contributed by atoms with E-state index in [1.165, 1.54) is 24.3 Å². The summed E-state index contributed by atoms with van der Waals surface area (Å²) in [6.45, 7) is -4.21. The fraction of sp³-hybridized carbons (Fsp3) is 0.182. The smallest absolute Gasteiger partial charge is 0.327 e. The molecule has 1 heterocycles. The van der Waals surface area contributed by atoms with Crippen LogP contribution in [0.5, 0.6) is 0 Å². The molecule has 0 spiro atoms. The Balaban J connectivity index is 2.06. The van der Waals surface area contributed by atoms with Gasteiger partial charge >= 0.3 is 12.6 Å². The highest BCUT2D eigenvalue weighted by molar-refractivity contribution is 6.20. The van der Waals surface area contributed by atoms with Gasteiger partial charge in [-0.1, -0.05) is 17.2 Å². The van der Waals surface area contributed by atoms with Crippen molar-refractivity contribution in [3.05, 3.63) is 35.4 Å². The molecule has 0 aliphatic carbocycles. The van der Waals surface area contributed by atoms with Gasteiger partial charge in [-0.2, -0.15) is 8.78 Å². The molecule has 0 unspecified atom stereocenters. The Bertz CT molecular complexity index is 511. The molecule has 0 bridgehead atoms. The zero-order valence-corrected chi connectivity index (χ0v) is 9.34. The first-order valence-electron chi connectivity index (χ1n) is 5.09. The lowest BCUT2D eigenvalue weighted by Crippen LogP contribution is -2.34. The second-order valence-corrected chi connectivity index (χ2v) is 3.49. The van der Waals surface area contributed by atoms with Crippen molar-refractivity contribution in [2.75, 3.05) is 6.61 Å². The van der Waals surface area contributed by atoms with Crippen molar-refractivity contribution in [2.24, 2.45) is 0 Å². The standard InChI is InChI=1S/C11H7F2NO5/c12-11(13)18-5-8(15)19-14-9(16)6-3-1-2-4-7(6)10(14)17/h1-4,11H,5H2. The van der Waals surface area contributed by atoms with Crippen LogP contribution < -0.4 is 0 Å². The second kappa shape index (κ2) is 5.11. The number of carbonyl (C=O) groups is 3. The van der Waals surface area contributed by atoms with Crippen LogP contribution in [0.15, 0.2) is 24.3 Å². The third kappa shape index (κ3) is 2.58. The highest BCUT2D eigenvalue weighted by atomic mass is 19.3. The van der Waals surface area contributed by atoms with E-state index in [0.29, 0.717) is 0 Å². The molecule has 0 N–H and O–H groups in total. The molecular weight excluding hydrogens is 264 g/mol. The first-order chi connectivity index (χ1) is 9.00. The van der Waals surface area contributed by atoms with Crippen molar-refractivity contribution in [1.29, 1.82) is 0 Å². The largest absolute Gasteiger partial charge is 0.358 e. The van der Waals surface area contributed by atoms with Gasteiger partial charge in [0.05, 0.1) is 11.1 Å². The van der Waals surface area contributed by atoms with Crippen LogP contribution in [0, 0.1) is 0 Å². The van der Waals surface area contributed by atoms with Gasteiger partial charge in [0.25, 0.3) is 11.8 Å². The molecular formula is C11H7F2NO5. The molecule has 0 aromatic heterocycles. The van der Waals surface area contributed by atoms with Crippen LogP contribution in [0.4, 0.5) is 8.78 Å². The van der Waals surface area contributed by atoms with Gasteiger partial charge in [-0.05, 0) is 12.1 Å². The number of amides is 2. The molecule has 0 radical (unpaired) electrons. The molecule has 2 rings (SSSR count). The van der Waals surface area contributed by atoms with Gasteiger partial charge in [0, 0.05) is 0 Å². The number of hydrogen-bond acceptors (Lipinski definition) is 5. The molecule has 100 valence electrons. The van der Waals surface area contributed by atoms with Gasteiger partial charge < -0.3 is 9.57 Å². The highest BCUT2D eigenvalue weighted by Gasteiger charge is 2.38. The summed E-state index contributed by atoms with van der Waals surface area (Å²) in [5.41, 5.74) is 0.158. The summed E-state index contributed by atoms with van der Waals surface area (Å²) in [6, 6.07) is 5.85. The number of alkyl halides is 2. The molecule has 0 fully saturated rings. The van der Waals surface area contributed by atoms with E-state index in [0.717, 1.165) is 0 Å². The lowest BCUT2D eigenvalue weighted by molar-refractivity contribution is -0.189. The van der Waals surface area contributed by atoms with Gasteiger partial charge in [-0.25, -0.2) is 4.79 Å². The van der Waals surface area contributed by atoms with Crippen molar-refractivity contribution in [3.8, 4) is 0 Å². The van der Waals surface area contributed by atoms with Crippen LogP contribution in [-0.4, -0.2) is 36.1 Å². The van der Waals surface area contributed by atoms with E-state index in [4.69, 9.17) is 0 Å². The minimum Gasteiger partial charge on any atom is -0.327 e. The third-order valence-corrected chi connectivity index (χ3v) is 2.28. The quantitative estimate of drug-likeness (QED) is 0.763. The molecule has 1 aliphatic rings. The number of hydrogen-bond donors (Lipinski definition) is 0. The van der Waals surface area contributed by atoms with Gasteiger partial charge in [0.1, 0.15) is 0 Å². The van der Waals surface area contributed by atoms with Crippen LogP contribution in [0.2, 0.25) is 0 Å². The van der Waals surface area contributed by atoms with Crippen LogP contribution in [0.1, 0.15) is 20.7 Å². The predicted octanol–water partition coefficient (Wildman–Crippen LogP) is 0.980. The van der Waals surface area contributed by atoms with Crippen LogP contribution in [-0.2, 0) is 14.4 Å². The Morgan fingerprint density at radius 3 is 2.16 bits per heavy atom. The van der Waals surface area contributed by atoms with Gasteiger partial charge in [0.15, 0.2) is 6.61 Å². The Kier molecular flexibility index (Phi) is 3.52. The number of nitrogens with zero attached hydrogens (tertiary/aromatic N) is 1. The van der Waals surface area contributed by atoms with E-state index in [-0.39, 0.29) is 16.2 Å². The summed E-state index contributed by atoms with van der Waals surface area (Å²) < 4.78 is 27.1. The molecule has 8 heteroatoms. The van der Waals surface area contributed by atoms with Crippen LogP contribution >= 0.6 is 0 Å². The van der Waals surface area contributed by atoms with Crippen molar-refractivity contribution in [2.45, 2.75) is 6.61 Å². The lowest BCUT2D eigenvalue weighted by atomic mass is 10.1. The van der Waals surface area contributed by atoms with Gasteiger partial charge in [-0.3, -0.25) is 9.59 Å². The third-order valence-electron chi connectivity index (χ3n) is 2.28. The maximum Gasteiger partial charge on any atom is 0.358 e. The zero-order chi connectivity index (χ0) is 14.0. The Morgan fingerprint density at radius 2 is 1.68 bits per heavy atom. The molecule has 1 aliphatic heterocycles. The van der Waals surface area contributed by atoms with E-state index in [1.807, 2.05) is 0 Å². The molecule has 6 nitrogen and oxygen atoms in total. The summed E-state index contributed by atoms with van der Waals surface area (Å²) in [6.07, 6.45) is 0. The topological polar surface area (TPSA) is 72.9 Å². The monoisotopic (exact) mass is 271 g/mol. The zero-order valence-electron chi connectivity index (χ0n) is 9.34. The number of halogens is 2. The minimum atomic E-state index is -3.14. The normalized spacial score (nSPS) is 13.9. The van der Waals surface area contributed by atoms with E-state index >= 15 is 0 Å². The number of ether oxygens (including phenoxy) is 1. The van der Waals surface area contributed by atoms with Gasteiger partial charge in [0.2, 0.25) is 0 Å². The fourth-order valence-electron chi connectivity index (χ4n) is 1.51. The minimum absolute atomic E-state index is 0.0788. The van der Waals surface area contributed by atoms with Crippen LogP contribution in [0.25, 0.3) is 0 Å². The van der Waals surface area contributed by atoms with Crippen LogP contribution in [0.3, 0.4) is 0 Å². The van der Waals surface area contributed by atoms with E-state index in [2.05, 4.69) is 9.57 Å². The maximum atomic E-state index is 11.7. The second-order valence-electron chi connectivity index (χ2n) is 3.49. The molecule has 2 amide bonds.